The molecular formula is C3H7FO2. The van der Waals surface area contributed by atoms with Crippen molar-refractivity contribution in [2.45, 2.75) is 6.42 Å². The number of rotatable bonds is 3. The molecule has 0 aliphatic carbocycles. The first-order valence-electron chi connectivity index (χ1n) is 1.74. The molecular weight excluding hydrogens is 87.0 g/mol. The van der Waals surface area contributed by atoms with E-state index in [-0.39, 0.29) is 13.0 Å². The second-order valence-corrected chi connectivity index (χ2v) is 0.876. The molecule has 0 atom stereocenters. The zero-order chi connectivity index (χ0) is 4.83. The van der Waals surface area contributed by atoms with Crippen LogP contribution in [0.3, 0.4) is 0 Å². The van der Waals surface area contributed by atoms with Crippen LogP contribution in [0.15, 0.2) is 0 Å². The second kappa shape index (κ2) is 4.85. The van der Waals surface area contributed by atoms with E-state index >= 15 is 0 Å². The molecule has 0 amide bonds. The van der Waals surface area contributed by atoms with E-state index < -0.39 is 6.67 Å². The molecule has 0 radical (unpaired) electrons. The van der Waals surface area contributed by atoms with Crippen LogP contribution in [0.2, 0.25) is 0 Å². The van der Waals surface area contributed by atoms with Crippen molar-refractivity contribution in [1.82, 2.24) is 0 Å². The van der Waals surface area contributed by atoms with Crippen molar-refractivity contribution in [3.8, 4) is 0 Å². The molecule has 2 nitrogen and oxygen atoms in total. The van der Waals surface area contributed by atoms with Gasteiger partial charge >= 0.3 is 0 Å². The van der Waals surface area contributed by atoms with Gasteiger partial charge in [0.2, 0.25) is 0 Å². The van der Waals surface area contributed by atoms with Crippen molar-refractivity contribution in [2.24, 2.45) is 0 Å². The van der Waals surface area contributed by atoms with E-state index in [2.05, 4.69) is 4.89 Å². The third-order valence-corrected chi connectivity index (χ3v) is 0.369. The minimum Gasteiger partial charge on any atom is -0.252 e. The predicted molar refractivity (Wildman–Crippen MR) is 19.2 cm³/mol. The molecule has 0 aromatic rings. The molecule has 6 heavy (non-hydrogen) atoms. The lowest BCUT2D eigenvalue weighted by Crippen LogP contribution is -1.88. The third-order valence-electron chi connectivity index (χ3n) is 0.369. The zero-order valence-corrected chi connectivity index (χ0v) is 3.35. The fourth-order valence-electron chi connectivity index (χ4n) is 0.119. The van der Waals surface area contributed by atoms with Crippen LogP contribution in [0.25, 0.3) is 0 Å². The topological polar surface area (TPSA) is 29.5 Å². The van der Waals surface area contributed by atoms with Crippen LogP contribution in [-0.2, 0) is 4.89 Å². The summed E-state index contributed by atoms with van der Waals surface area (Å²) in [6.45, 7) is -0.336. The molecule has 0 unspecified atom stereocenters. The molecule has 0 aromatic carbocycles. The first-order chi connectivity index (χ1) is 2.91. The molecule has 38 valence electrons. The molecule has 0 aliphatic heterocycles. The van der Waals surface area contributed by atoms with Gasteiger partial charge in [0.25, 0.3) is 0 Å². The molecule has 1 N–H and O–H groups in total. The van der Waals surface area contributed by atoms with Gasteiger partial charge in [-0.3, -0.25) is 9.65 Å². The van der Waals surface area contributed by atoms with Crippen LogP contribution in [0, 0.1) is 0 Å². The summed E-state index contributed by atoms with van der Waals surface area (Å²) in [4.78, 5) is 3.54. The van der Waals surface area contributed by atoms with Gasteiger partial charge in [0.1, 0.15) is 0 Å². The monoisotopic (exact) mass is 94.0 g/mol. The maximum absolute atomic E-state index is 11.0. The Morgan fingerprint density at radius 3 is 2.50 bits per heavy atom. The van der Waals surface area contributed by atoms with Gasteiger partial charge in [0.05, 0.1) is 13.3 Å². The van der Waals surface area contributed by atoms with Crippen molar-refractivity contribution in [1.29, 1.82) is 0 Å². The highest BCUT2D eigenvalue weighted by molar-refractivity contribution is 4.24. The fraction of sp³-hybridized carbons (Fsp3) is 1.00. The number of hydrogen-bond donors (Lipinski definition) is 1. The molecule has 0 heterocycles. The predicted octanol–water partition coefficient (Wildman–Crippen LogP) is 0.836. The van der Waals surface area contributed by atoms with Gasteiger partial charge in [-0.2, -0.15) is 0 Å². The largest absolute Gasteiger partial charge is 0.252 e. The lowest BCUT2D eigenvalue weighted by Gasteiger charge is -1.85. The van der Waals surface area contributed by atoms with Gasteiger partial charge < -0.3 is 0 Å². The summed E-state index contributed by atoms with van der Waals surface area (Å²) in [6.07, 6.45) is 0.274. The van der Waals surface area contributed by atoms with Crippen molar-refractivity contribution in [3.63, 3.8) is 0 Å². The lowest BCUT2D eigenvalue weighted by molar-refractivity contribution is -0.242. The second-order valence-electron chi connectivity index (χ2n) is 0.876. The molecule has 3 heteroatoms. The van der Waals surface area contributed by atoms with E-state index in [0.717, 1.165) is 0 Å². The highest BCUT2D eigenvalue weighted by Gasteiger charge is 1.79. The average Bonchev–Trinajstić information content (AvgIpc) is 1.61. The maximum Gasteiger partial charge on any atom is 0.0917 e. The van der Waals surface area contributed by atoms with Crippen molar-refractivity contribution < 1.29 is 14.5 Å². The maximum atomic E-state index is 11.0. The zero-order valence-electron chi connectivity index (χ0n) is 3.35. The Hall–Kier alpha value is -0.150. The van der Waals surface area contributed by atoms with Crippen LogP contribution in [0.5, 0.6) is 0 Å². The fourth-order valence-corrected chi connectivity index (χ4v) is 0.119. The molecule has 0 saturated heterocycles. The van der Waals surface area contributed by atoms with Crippen molar-refractivity contribution in [3.05, 3.63) is 0 Å². The van der Waals surface area contributed by atoms with Crippen LogP contribution in [0.4, 0.5) is 4.39 Å². The van der Waals surface area contributed by atoms with Gasteiger partial charge in [-0.25, -0.2) is 4.89 Å². The molecule has 0 spiro atoms. The Labute approximate surface area is 35.5 Å². The Kier molecular flexibility index (Phi) is 4.73. The summed E-state index contributed by atoms with van der Waals surface area (Å²) in [5.74, 6) is 0. The van der Waals surface area contributed by atoms with Gasteiger partial charge in [-0.15, -0.1) is 0 Å². The van der Waals surface area contributed by atoms with Crippen LogP contribution >= 0.6 is 0 Å². The number of alkyl halides is 1. The minimum atomic E-state index is -0.430. The van der Waals surface area contributed by atoms with E-state index in [1.165, 1.54) is 0 Å². The summed E-state index contributed by atoms with van der Waals surface area (Å²) in [6, 6.07) is 0. The Morgan fingerprint density at radius 1 is 1.67 bits per heavy atom. The summed E-state index contributed by atoms with van der Waals surface area (Å²) in [5.41, 5.74) is 0. The molecule has 0 aliphatic rings. The summed E-state index contributed by atoms with van der Waals surface area (Å²) in [5, 5.41) is 7.53. The average molecular weight is 94.1 g/mol. The van der Waals surface area contributed by atoms with Gasteiger partial charge in [0, 0.05) is 6.42 Å². The van der Waals surface area contributed by atoms with Crippen LogP contribution in [0.1, 0.15) is 6.42 Å². The van der Waals surface area contributed by atoms with Crippen LogP contribution in [-0.4, -0.2) is 18.5 Å². The SMILES string of the molecule is OOCCCF. The lowest BCUT2D eigenvalue weighted by atomic mass is 10.5. The van der Waals surface area contributed by atoms with Gasteiger partial charge in [-0.1, -0.05) is 0 Å². The third kappa shape index (κ3) is 3.85. The van der Waals surface area contributed by atoms with Gasteiger partial charge in [-0.05, 0) is 0 Å². The van der Waals surface area contributed by atoms with E-state index in [0.29, 0.717) is 0 Å². The van der Waals surface area contributed by atoms with E-state index in [4.69, 9.17) is 5.26 Å². The smallest absolute Gasteiger partial charge is 0.0917 e. The molecule has 0 bridgehead atoms. The van der Waals surface area contributed by atoms with E-state index in [9.17, 15) is 4.39 Å². The summed E-state index contributed by atoms with van der Waals surface area (Å²) in [7, 11) is 0. The minimum absolute atomic E-state index is 0.0938. The first-order valence-corrected chi connectivity index (χ1v) is 1.74. The Bertz CT molecular complexity index is 20.8. The first kappa shape index (κ1) is 5.85. The quantitative estimate of drug-likeness (QED) is 0.319. The van der Waals surface area contributed by atoms with Crippen LogP contribution < -0.4 is 0 Å². The Balaban J connectivity index is 2.34. The van der Waals surface area contributed by atoms with Gasteiger partial charge in [0.15, 0.2) is 0 Å². The van der Waals surface area contributed by atoms with E-state index in [1.54, 1.807) is 0 Å². The Morgan fingerprint density at radius 2 is 2.33 bits per heavy atom. The summed E-state index contributed by atoms with van der Waals surface area (Å²) < 4.78 is 11.0. The number of hydrogen-bond acceptors (Lipinski definition) is 2. The molecule has 0 fully saturated rings. The highest BCUT2D eigenvalue weighted by atomic mass is 19.1. The normalized spacial score (nSPS) is 9.00. The molecule has 0 saturated carbocycles. The highest BCUT2D eigenvalue weighted by Crippen LogP contribution is 1.77. The molecule has 0 rings (SSSR count). The number of halogens is 1. The molecule has 0 aromatic heterocycles. The summed E-state index contributed by atoms with van der Waals surface area (Å²) >= 11 is 0. The van der Waals surface area contributed by atoms with Crippen molar-refractivity contribution >= 4 is 0 Å². The van der Waals surface area contributed by atoms with Crippen molar-refractivity contribution in [2.75, 3.05) is 13.3 Å². The standard InChI is InChI=1S/C3H7FO2/c4-2-1-3-6-5/h5H,1-3H2. The van der Waals surface area contributed by atoms with E-state index in [1.807, 2.05) is 0 Å².